The van der Waals surface area contributed by atoms with Gasteiger partial charge in [-0.05, 0) is 48.9 Å². The molecule has 0 unspecified atom stereocenters. The fourth-order valence-electron chi connectivity index (χ4n) is 4.32. The number of thiazole rings is 1. The number of nitrogens with zero attached hydrogens (tertiary/aromatic N) is 2. The number of methoxy groups -OCH3 is 1. The van der Waals surface area contributed by atoms with Gasteiger partial charge in [-0.15, -0.1) is 0 Å². The van der Waals surface area contributed by atoms with Gasteiger partial charge in [-0.3, -0.25) is 9.36 Å². The zero-order valence-corrected chi connectivity index (χ0v) is 22.1. The van der Waals surface area contributed by atoms with Crippen molar-refractivity contribution >= 4 is 40.7 Å². The Balaban J connectivity index is 1.83. The number of carbonyl (C=O) groups excluding carboxylic acids is 1. The summed E-state index contributed by atoms with van der Waals surface area (Å²) in [6.45, 7) is 1.90. The number of esters is 1. The van der Waals surface area contributed by atoms with Gasteiger partial charge in [0.15, 0.2) is 4.80 Å². The highest BCUT2D eigenvalue weighted by Crippen LogP contribution is 2.35. The zero-order chi connectivity index (χ0) is 26.8. The lowest BCUT2D eigenvalue weighted by Gasteiger charge is -2.26. The molecular formula is C29H23ClN2O5S. The van der Waals surface area contributed by atoms with Gasteiger partial charge in [0.05, 0.1) is 35.6 Å². The number of phenols is 1. The molecule has 0 spiro atoms. The number of aromatic nitrogens is 1. The Morgan fingerprint density at radius 3 is 2.55 bits per heavy atom. The number of benzene rings is 3. The van der Waals surface area contributed by atoms with Gasteiger partial charge in [-0.1, -0.05) is 65.4 Å². The average molecular weight is 547 g/mol. The third-order valence-electron chi connectivity index (χ3n) is 6.08. The van der Waals surface area contributed by atoms with Crippen LogP contribution in [-0.4, -0.2) is 29.4 Å². The van der Waals surface area contributed by atoms with E-state index in [0.717, 1.165) is 5.56 Å². The molecule has 0 fully saturated rings. The molecule has 3 aromatic carbocycles. The molecule has 38 heavy (non-hydrogen) atoms. The van der Waals surface area contributed by atoms with Crippen LogP contribution in [0.15, 0.2) is 88.2 Å². The maximum absolute atomic E-state index is 13.9. The van der Waals surface area contributed by atoms with Crippen LogP contribution in [0.4, 0.5) is 0 Å². The first-order valence-corrected chi connectivity index (χ1v) is 13.0. The van der Waals surface area contributed by atoms with Crippen molar-refractivity contribution in [2.75, 3.05) is 13.7 Å². The first kappa shape index (κ1) is 25.5. The number of ether oxygens (including phenoxy) is 2. The molecule has 5 rings (SSSR count). The lowest BCUT2D eigenvalue weighted by atomic mass is 9.93. The van der Waals surface area contributed by atoms with Crippen molar-refractivity contribution in [1.82, 2.24) is 4.57 Å². The van der Waals surface area contributed by atoms with Crippen molar-refractivity contribution in [3.63, 3.8) is 0 Å². The fraction of sp³-hybridized carbons (Fsp3) is 0.138. The second-order valence-corrected chi connectivity index (χ2v) is 9.85. The number of rotatable bonds is 6. The molecule has 1 aromatic heterocycles. The number of halogens is 1. The topological polar surface area (TPSA) is 90.1 Å². The first-order chi connectivity index (χ1) is 18.4. The Bertz CT molecular complexity index is 1720. The van der Waals surface area contributed by atoms with Gasteiger partial charge in [0.25, 0.3) is 5.56 Å². The summed E-state index contributed by atoms with van der Waals surface area (Å²) < 4.78 is 12.6. The lowest BCUT2D eigenvalue weighted by Crippen LogP contribution is -2.40. The van der Waals surface area contributed by atoms with Crippen molar-refractivity contribution < 1.29 is 19.4 Å². The summed E-state index contributed by atoms with van der Waals surface area (Å²) in [5.74, 6) is 0.0735. The fourth-order valence-corrected chi connectivity index (χ4v) is 5.50. The molecule has 0 saturated carbocycles. The highest BCUT2D eigenvalue weighted by Gasteiger charge is 2.35. The summed E-state index contributed by atoms with van der Waals surface area (Å²) in [6, 6.07) is 20.3. The molecule has 0 aliphatic carbocycles. The Labute approximate surface area is 227 Å². The van der Waals surface area contributed by atoms with E-state index in [2.05, 4.69) is 0 Å². The molecule has 4 aromatic rings. The van der Waals surface area contributed by atoms with Gasteiger partial charge >= 0.3 is 5.97 Å². The van der Waals surface area contributed by atoms with Crippen molar-refractivity contribution in [3.8, 4) is 11.5 Å². The van der Waals surface area contributed by atoms with Crippen molar-refractivity contribution in [2.24, 2.45) is 4.99 Å². The van der Waals surface area contributed by atoms with Crippen LogP contribution in [0.2, 0.25) is 5.02 Å². The van der Waals surface area contributed by atoms with E-state index >= 15 is 0 Å². The number of carbonyl (C=O) groups is 1. The van der Waals surface area contributed by atoms with Crippen LogP contribution in [0.5, 0.6) is 11.5 Å². The molecule has 1 atom stereocenters. The van der Waals surface area contributed by atoms with E-state index in [9.17, 15) is 14.7 Å². The van der Waals surface area contributed by atoms with Crippen LogP contribution in [0.25, 0.3) is 11.8 Å². The zero-order valence-electron chi connectivity index (χ0n) is 20.6. The van der Waals surface area contributed by atoms with E-state index in [4.69, 9.17) is 26.1 Å². The minimum Gasteiger partial charge on any atom is -0.507 e. The van der Waals surface area contributed by atoms with Crippen molar-refractivity contribution in [2.45, 2.75) is 13.0 Å². The smallest absolute Gasteiger partial charge is 0.338 e. The third kappa shape index (κ3) is 4.76. The molecular weight excluding hydrogens is 524 g/mol. The minimum absolute atomic E-state index is 0.0101. The summed E-state index contributed by atoms with van der Waals surface area (Å²) in [7, 11) is 1.57. The van der Waals surface area contributed by atoms with Crippen LogP contribution in [0.1, 0.15) is 29.7 Å². The number of fused-ring (bicyclic) bond motifs is 1. The minimum atomic E-state index is -0.804. The molecule has 7 nitrogen and oxygen atoms in total. The second-order valence-electron chi connectivity index (χ2n) is 8.41. The van der Waals surface area contributed by atoms with Crippen LogP contribution < -0.4 is 19.6 Å². The van der Waals surface area contributed by atoms with Crippen LogP contribution in [0.3, 0.4) is 0 Å². The van der Waals surface area contributed by atoms with E-state index in [0.29, 0.717) is 36.9 Å². The van der Waals surface area contributed by atoms with Gasteiger partial charge in [-0.2, -0.15) is 0 Å². The van der Waals surface area contributed by atoms with E-state index < -0.39 is 12.0 Å². The van der Waals surface area contributed by atoms with E-state index in [1.165, 1.54) is 22.0 Å². The Kier molecular flexibility index (Phi) is 7.18. The molecule has 0 amide bonds. The maximum atomic E-state index is 13.9. The molecule has 1 N–H and O–H groups in total. The monoisotopic (exact) mass is 546 g/mol. The first-order valence-electron chi connectivity index (χ1n) is 11.8. The van der Waals surface area contributed by atoms with Crippen LogP contribution >= 0.6 is 22.9 Å². The van der Waals surface area contributed by atoms with Gasteiger partial charge < -0.3 is 14.6 Å². The Hall–Kier alpha value is -4.14. The van der Waals surface area contributed by atoms with Crippen LogP contribution in [-0.2, 0) is 9.53 Å². The average Bonchev–Trinajstić information content (AvgIpc) is 3.25. The molecule has 0 radical (unpaired) electrons. The molecule has 0 bridgehead atoms. The highest BCUT2D eigenvalue weighted by atomic mass is 35.5. The summed E-state index contributed by atoms with van der Waals surface area (Å²) in [6.07, 6.45) is 1.58. The quantitative estimate of drug-likeness (QED) is 0.364. The van der Waals surface area contributed by atoms with Gasteiger partial charge in [0, 0.05) is 16.1 Å². The second kappa shape index (κ2) is 10.7. The van der Waals surface area contributed by atoms with Gasteiger partial charge in [0.1, 0.15) is 11.5 Å². The largest absolute Gasteiger partial charge is 0.507 e. The predicted octanol–water partition coefficient (Wildman–Crippen LogP) is 4.30. The van der Waals surface area contributed by atoms with E-state index in [-0.39, 0.29) is 23.5 Å². The van der Waals surface area contributed by atoms with Gasteiger partial charge in [0.2, 0.25) is 0 Å². The number of hydrogen-bond acceptors (Lipinski definition) is 7. The van der Waals surface area contributed by atoms with E-state index in [1.54, 1.807) is 44.4 Å². The summed E-state index contributed by atoms with van der Waals surface area (Å²) >= 11 is 7.29. The number of aromatic hydroxyl groups is 1. The molecule has 192 valence electrons. The molecule has 2 heterocycles. The summed E-state index contributed by atoms with van der Waals surface area (Å²) in [5, 5.41) is 10.8. The Morgan fingerprint density at radius 2 is 1.87 bits per heavy atom. The number of hydrogen-bond donors (Lipinski definition) is 1. The molecule has 9 heteroatoms. The van der Waals surface area contributed by atoms with Gasteiger partial charge in [-0.25, -0.2) is 9.79 Å². The Morgan fingerprint density at radius 1 is 1.13 bits per heavy atom. The lowest BCUT2D eigenvalue weighted by molar-refractivity contribution is -0.138. The standard InChI is InChI=1S/C29H23ClN2O5S/c1-3-37-28(35)24-25(17-7-5-4-6-8-17)31-29-32(26(24)18-9-12-21(36-2)13-10-18)27(34)23(38-29)16-19-15-20(30)11-14-22(19)33/h4-16,26,33H,3H2,1-2H3/b23-16-/t26-/m1/s1. The number of phenolic OH excluding ortho intramolecular Hbond substituents is 1. The van der Waals surface area contributed by atoms with E-state index in [1.807, 2.05) is 42.5 Å². The molecule has 1 aliphatic heterocycles. The highest BCUT2D eigenvalue weighted by molar-refractivity contribution is 7.07. The SMILES string of the molecule is CCOC(=O)C1=C(c2ccccc2)N=c2s/c(=C\c3cc(Cl)ccc3O)c(=O)n2[C@@H]1c1ccc(OC)cc1. The predicted molar refractivity (Wildman–Crippen MR) is 147 cm³/mol. The maximum Gasteiger partial charge on any atom is 0.338 e. The van der Waals surface area contributed by atoms with Crippen LogP contribution in [0, 0.1) is 0 Å². The third-order valence-corrected chi connectivity index (χ3v) is 7.30. The molecule has 1 aliphatic rings. The summed E-state index contributed by atoms with van der Waals surface area (Å²) in [4.78, 5) is 32.5. The van der Waals surface area contributed by atoms with Crippen molar-refractivity contribution in [1.29, 1.82) is 0 Å². The summed E-state index contributed by atoms with van der Waals surface area (Å²) in [5.41, 5.74) is 2.14. The van der Waals surface area contributed by atoms with Crippen molar-refractivity contribution in [3.05, 3.63) is 120 Å². The molecule has 0 saturated heterocycles. The normalized spacial score (nSPS) is 15.1.